The normalized spacial score (nSPS) is 13.4. The Hall–Kier alpha value is -7.31. The van der Waals surface area contributed by atoms with Gasteiger partial charge in [0, 0.05) is 81.0 Å². The average Bonchev–Trinajstić information content (AvgIpc) is 3.61. The average molecular weight is 1130 g/mol. The zero-order chi connectivity index (χ0) is 59.3. The Kier molecular flexibility index (Phi) is 29.0. The summed E-state index contributed by atoms with van der Waals surface area (Å²) in [5, 5.41) is 0. The Morgan fingerprint density at radius 1 is 0.383 bits per heavy atom. The molecule has 0 aromatic heterocycles. The monoisotopic (exact) mass is 1130 g/mol. The summed E-state index contributed by atoms with van der Waals surface area (Å²) >= 11 is 0. The molecule has 444 valence electrons. The Bertz CT molecular complexity index is 2550. The van der Waals surface area contributed by atoms with E-state index < -0.39 is 83.2 Å². The molecule has 0 N–H and O–H groups in total. The van der Waals surface area contributed by atoms with Gasteiger partial charge in [-0.1, -0.05) is 107 Å². The predicted molar refractivity (Wildman–Crippen MR) is 297 cm³/mol. The first kappa shape index (κ1) is 66.2. The van der Waals surface area contributed by atoms with E-state index in [1.54, 1.807) is 0 Å². The summed E-state index contributed by atoms with van der Waals surface area (Å²) in [5.41, 5.74) is -0.0808. The molecule has 1 heterocycles. The zero-order valence-corrected chi connectivity index (χ0v) is 48.6. The predicted octanol–water partition coefficient (Wildman–Crippen LogP) is 13.4. The maximum Gasteiger partial charge on any atom is 0.338 e. The van der Waals surface area contributed by atoms with E-state index in [4.69, 9.17) is 47.4 Å². The van der Waals surface area contributed by atoms with Gasteiger partial charge in [-0.05, 0) is 75.6 Å². The minimum absolute atomic E-state index is 0.0150. The first-order valence-electron chi connectivity index (χ1n) is 29.1. The molecule has 0 fully saturated rings. The molecule has 0 radical (unpaired) electrons. The molecule has 0 aliphatic carbocycles. The van der Waals surface area contributed by atoms with Crippen molar-refractivity contribution >= 4 is 53.7 Å². The molecule has 3 aromatic carbocycles. The Morgan fingerprint density at radius 3 is 1.04 bits per heavy atom. The van der Waals surface area contributed by atoms with E-state index in [0.29, 0.717) is 103 Å². The van der Waals surface area contributed by atoms with Crippen LogP contribution in [-0.2, 0) is 49.5 Å². The standard InChI is InChI=1S/C62H82O19/c1-9-17-25-51(63)72-42-37-44(73-52(64)26-18-10-2)43-39-50(79-62(71)41-35-48(76-55(67)29-21-13-5)61(81-58(70)32-24-16-8)49(36-41)77-56(68)30-22-14-6)59(78-45(43)38-42)40-33-46(74-53(65)27-19-11-3)60(80-57(69)31-23-15-7)47(34-40)75-54(66)28-20-12-4/h33-38,50,59H,9-32,39H2,1-8H3/t50-,59-/m1/s1. The van der Waals surface area contributed by atoms with Gasteiger partial charge in [0.1, 0.15) is 23.4 Å². The van der Waals surface area contributed by atoms with Crippen molar-refractivity contribution < 1.29 is 90.5 Å². The highest BCUT2D eigenvalue weighted by atomic mass is 16.6. The van der Waals surface area contributed by atoms with Crippen molar-refractivity contribution in [3.8, 4) is 51.7 Å². The smallest absolute Gasteiger partial charge is 0.338 e. The van der Waals surface area contributed by atoms with Gasteiger partial charge in [-0.3, -0.25) is 38.4 Å². The van der Waals surface area contributed by atoms with Gasteiger partial charge in [0.2, 0.25) is 11.5 Å². The fraction of sp³-hybridized carbons (Fsp3) is 0.565. The molecule has 0 saturated heterocycles. The largest absolute Gasteiger partial charge is 0.481 e. The van der Waals surface area contributed by atoms with E-state index >= 15 is 4.79 Å². The number of rotatable bonds is 35. The number of unbranched alkanes of at least 4 members (excludes halogenated alkanes) is 8. The van der Waals surface area contributed by atoms with Crippen LogP contribution in [0, 0.1) is 0 Å². The highest BCUT2D eigenvalue weighted by Gasteiger charge is 2.40. The molecule has 2 atom stereocenters. The van der Waals surface area contributed by atoms with E-state index in [0.717, 1.165) is 12.1 Å². The fourth-order valence-electron chi connectivity index (χ4n) is 8.07. The third kappa shape index (κ3) is 21.9. The van der Waals surface area contributed by atoms with Gasteiger partial charge in [0.05, 0.1) is 5.56 Å². The number of carbonyl (C=O) groups is 9. The number of benzene rings is 3. The van der Waals surface area contributed by atoms with Crippen molar-refractivity contribution in [1.29, 1.82) is 0 Å². The molecule has 19 nitrogen and oxygen atoms in total. The van der Waals surface area contributed by atoms with Crippen LogP contribution in [0.1, 0.15) is 237 Å². The summed E-state index contributed by atoms with van der Waals surface area (Å²) in [5.74, 6) is -8.94. The van der Waals surface area contributed by atoms with Crippen LogP contribution < -0.4 is 42.6 Å². The van der Waals surface area contributed by atoms with Crippen molar-refractivity contribution in [2.24, 2.45) is 0 Å². The maximum atomic E-state index is 15.0. The van der Waals surface area contributed by atoms with Gasteiger partial charge in [0.25, 0.3) is 0 Å². The Balaban J connectivity index is 2.07. The van der Waals surface area contributed by atoms with Crippen molar-refractivity contribution in [3.63, 3.8) is 0 Å². The summed E-state index contributed by atoms with van der Waals surface area (Å²) < 4.78 is 59.9. The van der Waals surface area contributed by atoms with Gasteiger partial charge < -0.3 is 47.4 Å². The minimum Gasteiger partial charge on any atom is -0.481 e. The van der Waals surface area contributed by atoms with Crippen LogP contribution in [0.2, 0.25) is 0 Å². The molecule has 3 aromatic rings. The summed E-state index contributed by atoms with van der Waals surface area (Å²) in [4.78, 5) is 122. The number of ether oxygens (including phenoxy) is 10. The molecule has 81 heavy (non-hydrogen) atoms. The van der Waals surface area contributed by atoms with E-state index in [1.165, 1.54) is 24.3 Å². The highest BCUT2D eigenvalue weighted by molar-refractivity contribution is 5.93. The fourth-order valence-corrected chi connectivity index (χ4v) is 8.07. The van der Waals surface area contributed by atoms with Crippen molar-refractivity contribution in [2.45, 2.75) is 228 Å². The van der Waals surface area contributed by atoms with Crippen LogP contribution in [0.4, 0.5) is 0 Å². The topological polar surface area (TPSA) is 246 Å². The summed E-state index contributed by atoms with van der Waals surface area (Å²) in [6.07, 6.45) is 5.64. The first-order chi connectivity index (χ1) is 39.0. The Morgan fingerprint density at radius 2 is 0.691 bits per heavy atom. The second kappa shape index (κ2) is 35.4. The van der Waals surface area contributed by atoms with Gasteiger partial charge in [0.15, 0.2) is 29.1 Å². The quantitative estimate of drug-likeness (QED) is 0.0392. The Labute approximate surface area is 475 Å². The molecule has 0 spiro atoms. The van der Waals surface area contributed by atoms with E-state index in [1.807, 2.05) is 55.4 Å². The second-order valence-corrected chi connectivity index (χ2v) is 19.9. The molecule has 0 unspecified atom stereocenters. The summed E-state index contributed by atoms with van der Waals surface area (Å²) in [6.45, 7) is 15.1. The molecule has 19 heteroatoms. The van der Waals surface area contributed by atoms with E-state index in [-0.39, 0.29) is 109 Å². The molecule has 4 rings (SSSR count). The van der Waals surface area contributed by atoms with Crippen molar-refractivity contribution in [3.05, 3.63) is 53.1 Å². The second-order valence-electron chi connectivity index (χ2n) is 19.9. The lowest BCUT2D eigenvalue weighted by Crippen LogP contribution is -2.35. The lowest BCUT2D eigenvalue weighted by atomic mass is 9.93. The van der Waals surface area contributed by atoms with Crippen molar-refractivity contribution in [1.82, 2.24) is 0 Å². The van der Waals surface area contributed by atoms with Crippen LogP contribution in [0.5, 0.6) is 51.7 Å². The molecule has 1 aliphatic rings. The molecule has 0 amide bonds. The third-order valence-electron chi connectivity index (χ3n) is 12.7. The van der Waals surface area contributed by atoms with Gasteiger partial charge in [-0.15, -0.1) is 0 Å². The molecular weight excluding hydrogens is 1050 g/mol. The van der Waals surface area contributed by atoms with E-state index in [9.17, 15) is 38.4 Å². The molecule has 0 bridgehead atoms. The van der Waals surface area contributed by atoms with Crippen LogP contribution >= 0.6 is 0 Å². The minimum atomic E-state index is -1.46. The molecular formula is C62H82O19. The number of hydrogen-bond donors (Lipinski definition) is 0. The summed E-state index contributed by atoms with van der Waals surface area (Å²) in [6, 6.07) is 7.67. The molecule has 1 aliphatic heterocycles. The first-order valence-corrected chi connectivity index (χ1v) is 29.1. The van der Waals surface area contributed by atoms with Gasteiger partial charge in [-0.2, -0.15) is 0 Å². The van der Waals surface area contributed by atoms with Crippen molar-refractivity contribution in [2.75, 3.05) is 0 Å². The number of carbonyl (C=O) groups excluding carboxylic acids is 9. The van der Waals surface area contributed by atoms with Crippen LogP contribution in [0.15, 0.2) is 36.4 Å². The summed E-state index contributed by atoms with van der Waals surface area (Å²) in [7, 11) is 0. The van der Waals surface area contributed by atoms with Crippen LogP contribution in [0.3, 0.4) is 0 Å². The van der Waals surface area contributed by atoms with Gasteiger partial charge in [-0.25, -0.2) is 4.79 Å². The number of esters is 9. The lowest BCUT2D eigenvalue weighted by molar-refractivity contribution is -0.138. The molecule has 0 saturated carbocycles. The number of fused-ring (bicyclic) bond motifs is 1. The third-order valence-corrected chi connectivity index (χ3v) is 12.7. The van der Waals surface area contributed by atoms with Gasteiger partial charge >= 0.3 is 53.7 Å². The van der Waals surface area contributed by atoms with E-state index in [2.05, 4.69) is 0 Å². The van der Waals surface area contributed by atoms with Crippen LogP contribution in [0.25, 0.3) is 0 Å². The lowest BCUT2D eigenvalue weighted by Gasteiger charge is -2.35. The highest BCUT2D eigenvalue weighted by Crippen LogP contribution is 2.48. The van der Waals surface area contributed by atoms with Crippen LogP contribution in [-0.4, -0.2) is 59.8 Å². The zero-order valence-electron chi connectivity index (χ0n) is 48.6. The number of hydrogen-bond acceptors (Lipinski definition) is 19. The maximum absolute atomic E-state index is 15.0. The SMILES string of the molecule is CCCCC(=O)Oc1cc(OC(=O)CCCC)c2c(c1)O[C@H](c1cc(OC(=O)CCCC)c(OC(=O)CCCC)c(OC(=O)CCCC)c1)[C@H](OC(=O)c1cc(OC(=O)CCCC)c(OC(=O)CCCC)c(OC(=O)CCCC)c1)C2.